The van der Waals surface area contributed by atoms with E-state index in [2.05, 4.69) is 15.4 Å². The molecule has 0 atom stereocenters. The number of amides is 1. The van der Waals surface area contributed by atoms with Crippen molar-refractivity contribution < 1.29 is 13.2 Å². The Kier molecular flexibility index (Phi) is 4.53. The maximum atomic E-state index is 11.9. The monoisotopic (exact) mass is 326 g/mol. The summed E-state index contributed by atoms with van der Waals surface area (Å²) in [5.74, 6) is -0.291. The van der Waals surface area contributed by atoms with Crippen LogP contribution in [0, 0.1) is 0 Å². The van der Waals surface area contributed by atoms with E-state index in [-0.39, 0.29) is 12.5 Å². The van der Waals surface area contributed by atoms with E-state index in [1.54, 1.807) is 17.9 Å². The maximum Gasteiger partial charge on any atom is 0.263 e. The molecule has 0 aliphatic rings. The Morgan fingerprint density at radius 2 is 2.24 bits per heavy atom. The fourth-order valence-electron chi connectivity index (χ4n) is 1.51. The summed E-state index contributed by atoms with van der Waals surface area (Å²) in [6, 6.07) is 0. The Balaban J connectivity index is 1.98. The van der Waals surface area contributed by atoms with E-state index in [9.17, 15) is 13.2 Å². The van der Waals surface area contributed by atoms with Crippen LogP contribution in [0.4, 0.5) is 0 Å². The molecular weight excluding hydrogens is 312 g/mol. The minimum absolute atomic E-state index is 0.145. The van der Waals surface area contributed by atoms with Crippen LogP contribution < -0.4 is 5.32 Å². The van der Waals surface area contributed by atoms with Gasteiger partial charge >= 0.3 is 0 Å². The van der Waals surface area contributed by atoms with E-state index in [0.717, 1.165) is 17.2 Å². The van der Waals surface area contributed by atoms with Gasteiger partial charge in [-0.1, -0.05) is 6.08 Å². The Morgan fingerprint density at radius 1 is 1.48 bits per heavy atom. The van der Waals surface area contributed by atoms with Crippen LogP contribution in [0.5, 0.6) is 0 Å². The highest BCUT2D eigenvalue weighted by atomic mass is 32.2. The summed E-state index contributed by atoms with van der Waals surface area (Å²) in [6.07, 6.45) is 7.46. The van der Waals surface area contributed by atoms with Crippen molar-refractivity contribution in [3.63, 3.8) is 0 Å². The van der Waals surface area contributed by atoms with Crippen LogP contribution in [-0.2, 0) is 16.9 Å². The van der Waals surface area contributed by atoms with Crippen molar-refractivity contribution >= 4 is 27.1 Å². The van der Waals surface area contributed by atoms with E-state index in [1.165, 1.54) is 23.6 Å². The van der Waals surface area contributed by atoms with E-state index in [4.69, 9.17) is 0 Å². The van der Waals surface area contributed by atoms with Gasteiger partial charge in [0.05, 0.1) is 12.4 Å². The molecule has 112 valence electrons. The number of hydrogen-bond acceptors (Lipinski definition) is 6. The van der Waals surface area contributed by atoms with Crippen molar-refractivity contribution in [1.82, 2.24) is 20.1 Å². The van der Waals surface area contributed by atoms with Gasteiger partial charge in [-0.25, -0.2) is 13.4 Å². The molecule has 0 fully saturated rings. The van der Waals surface area contributed by atoms with Crippen LogP contribution in [0.1, 0.15) is 9.67 Å². The molecule has 1 N–H and O–H groups in total. The van der Waals surface area contributed by atoms with Gasteiger partial charge in [0.15, 0.2) is 9.84 Å². The molecule has 0 saturated heterocycles. The largest absolute Gasteiger partial charge is 0.348 e. The molecule has 21 heavy (non-hydrogen) atoms. The number of hydrogen-bond donors (Lipinski definition) is 1. The molecule has 0 unspecified atom stereocenters. The van der Waals surface area contributed by atoms with E-state index >= 15 is 0 Å². The highest BCUT2D eigenvalue weighted by molar-refractivity contribution is 7.93. The van der Waals surface area contributed by atoms with Crippen molar-refractivity contribution in [3.8, 4) is 10.6 Å². The van der Waals surface area contributed by atoms with Crippen molar-refractivity contribution in [1.29, 1.82) is 0 Å². The number of nitrogens with zero attached hydrogens (tertiary/aromatic N) is 3. The molecule has 2 heterocycles. The van der Waals surface area contributed by atoms with Crippen LogP contribution in [0.15, 0.2) is 30.1 Å². The van der Waals surface area contributed by atoms with Crippen molar-refractivity contribution in [3.05, 3.63) is 35.0 Å². The molecule has 0 radical (unpaired) electrons. The van der Waals surface area contributed by atoms with Gasteiger partial charge in [0.1, 0.15) is 9.88 Å². The lowest BCUT2D eigenvalue weighted by Gasteiger charge is -1.97. The molecule has 2 rings (SSSR count). The Labute approximate surface area is 126 Å². The molecule has 0 bridgehead atoms. The van der Waals surface area contributed by atoms with Gasteiger partial charge in [-0.05, 0) is 0 Å². The molecule has 0 aliphatic heterocycles. The molecule has 2 aromatic rings. The lowest BCUT2D eigenvalue weighted by Crippen LogP contribution is -2.22. The number of thiazole rings is 1. The summed E-state index contributed by atoms with van der Waals surface area (Å²) in [6.45, 7) is 0.145. The number of rotatable bonds is 5. The zero-order valence-electron chi connectivity index (χ0n) is 11.5. The number of carbonyl (C=O) groups is 1. The summed E-state index contributed by atoms with van der Waals surface area (Å²) in [4.78, 5) is 16.5. The third-order valence-electron chi connectivity index (χ3n) is 2.41. The number of nitrogens with one attached hydrogen (secondary N) is 1. The summed E-state index contributed by atoms with van der Waals surface area (Å²) in [7, 11) is -1.36. The van der Waals surface area contributed by atoms with Crippen molar-refractivity contribution in [2.45, 2.75) is 0 Å². The topological polar surface area (TPSA) is 94.0 Å². The predicted octanol–water partition coefficient (Wildman–Crippen LogP) is 0.832. The number of sulfone groups is 1. The normalized spacial score (nSPS) is 11.9. The van der Waals surface area contributed by atoms with Gasteiger partial charge in [0, 0.05) is 37.0 Å². The third kappa shape index (κ3) is 4.50. The van der Waals surface area contributed by atoms with Crippen LogP contribution in [0.25, 0.3) is 10.6 Å². The summed E-state index contributed by atoms with van der Waals surface area (Å²) < 4.78 is 23.4. The molecule has 2 aromatic heterocycles. The maximum absolute atomic E-state index is 11.9. The van der Waals surface area contributed by atoms with E-state index in [1.807, 2.05) is 6.20 Å². The number of carbonyl (C=O) groups excluding carboxylic acids is 1. The first kappa shape index (κ1) is 15.4. The number of aryl methyl sites for hydroxylation is 1. The quantitative estimate of drug-likeness (QED) is 0.878. The van der Waals surface area contributed by atoms with Gasteiger partial charge in [-0.3, -0.25) is 9.48 Å². The van der Waals surface area contributed by atoms with Gasteiger partial charge in [0.2, 0.25) is 0 Å². The zero-order valence-corrected chi connectivity index (χ0v) is 13.1. The van der Waals surface area contributed by atoms with Gasteiger partial charge in [-0.2, -0.15) is 5.10 Å². The average Bonchev–Trinajstić information content (AvgIpc) is 3.01. The lowest BCUT2D eigenvalue weighted by atomic mass is 10.4. The van der Waals surface area contributed by atoms with Crippen LogP contribution >= 0.6 is 11.3 Å². The smallest absolute Gasteiger partial charge is 0.263 e. The summed E-state index contributed by atoms with van der Waals surface area (Å²) >= 11 is 1.25. The van der Waals surface area contributed by atoms with Gasteiger partial charge in [-0.15, -0.1) is 11.3 Å². The second-order valence-corrected chi connectivity index (χ2v) is 7.31. The highest BCUT2D eigenvalue weighted by Crippen LogP contribution is 2.24. The number of aromatic nitrogens is 3. The molecule has 0 spiro atoms. The van der Waals surface area contributed by atoms with E-state index in [0.29, 0.717) is 9.88 Å². The first-order valence-electron chi connectivity index (χ1n) is 5.95. The van der Waals surface area contributed by atoms with Crippen LogP contribution in [0.2, 0.25) is 0 Å². The molecule has 9 heteroatoms. The third-order valence-corrected chi connectivity index (χ3v) is 4.14. The Bertz CT molecular complexity index is 774. The SMILES string of the molecule is Cn1cc(-c2ncc(C(=O)NC/C=C/S(C)(=O)=O)s2)cn1. The minimum Gasteiger partial charge on any atom is -0.348 e. The first-order chi connectivity index (χ1) is 9.85. The van der Waals surface area contributed by atoms with Crippen LogP contribution in [-0.4, -0.2) is 41.9 Å². The first-order valence-corrected chi connectivity index (χ1v) is 8.72. The van der Waals surface area contributed by atoms with Crippen LogP contribution in [0.3, 0.4) is 0 Å². The molecule has 0 aromatic carbocycles. The molecule has 0 saturated carbocycles. The Hall–Kier alpha value is -2.00. The summed E-state index contributed by atoms with van der Waals surface area (Å²) in [5.41, 5.74) is 0.846. The van der Waals surface area contributed by atoms with E-state index < -0.39 is 9.84 Å². The Morgan fingerprint density at radius 3 is 2.86 bits per heavy atom. The zero-order chi connectivity index (χ0) is 15.5. The van der Waals surface area contributed by atoms with Gasteiger partial charge in [0.25, 0.3) is 5.91 Å². The second kappa shape index (κ2) is 6.19. The van der Waals surface area contributed by atoms with Crippen molar-refractivity contribution in [2.24, 2.45) is 7.05 Å². The fourth-order valence-corrected chi connectivity index (χ4v) is 2.76. The summed E-state index contributed by atoms with van der Waals surface area (Å²) in [5, 5.41) is 8.41. The molecular formula is C12H14N4O3S2. The predicted molar refractivity (Wildman–Crippen MR) is 80.6 cm³/mol. The lowest BCUT2D eigenvalue weighted by molar-refractivity contribution is 0.0962. The molecule has 0 aliphatic carbocycles. The molecule has 1 amide bonds. The molecule has 7 nitrogen and oxygen atoms in total. The highest BCUT2D eigenvalue weighted by Gasteiger charge is 2.11. The van der Waals surface area contributed by atoms with Crippen molar-refractivity contribution in [2.75, 3.05) is 12.8 Å². The average molecular weight is 326 g/mol. The second-order valence-electron chi connectivity index (χ2n) is 4.34. The minimum atomic E-state index is -3.17. The fraction of sp³-hybridized carbons (Fsp3) is 0.250. The standard InChI is InChI=1S/C12H14N4O3S2/c1-16-8-9(6-15-16)12-14-7-10(20-12)11(17)13-4-3-5-21(2,18)19/h3,5-8H,4H2,1-2H3,(H,13,17)/b5-3+. The van der Waals surface area contributed by atoms with Gasteiger partial charge < -0.3 is 5.32 Å².